The van der Waals surface area contributed by atoms with E-state index in [1.807, 2.05) is 18.2 Å². The number of hydrogen-bond acceptors (Lipinski definition) is 0. The summed E-state index contributed by atoms with van der Waals surface area (Å²) in [6.45, 7) is 3.51. The van der Waals surface area contributed by atoms with Gasteiger partial charge in [-0.2, -0.15) is 0 Å². The Balaban J connectivity index is 3.76. The van der Waals surface area contributed by atoms with Crippen molar-refractivity contribution in [3.8, 4) is 0 Å². The first-order chi connectivity index (χ1) is 5.41. The summed E-state index contributed by atoms with van der Waals surface area (Å²) in [7, 11) is 5.10. The van der Waals surface area contributed by atoms with Crippen molar-refractivity contribution in [2.45, 2.75) is 0 Å². The van der Waals surface area contributed by atoms with Crippen LogP contribution < -0.4 is 0 Å². The molecule has 0 amide bonds. The minimum atomic E-state index is 1.48. The molecule has 0 atom stereocenters. The molecule has 0 saturated heterocycles. The quantitative estimate of drug-likeness (QED) is 0.319. The van der Waals surface area contributed by atoms with E-state index < -0.39 is 0 Å². The zero-order valence-electron chi connectivity index (χ0n) is 6.40. The molecule has 0 heterocycles. The molecule has 0 aliphatic heterocycles. The van der Waals surface area contributed by atoms with Crippen LogP contribution in [0.1, 0.15) is 0 Å². The van der Waals surface area contributed by atoms with Crippen molar-refractivity contribution < 1.29 is 0 Å². The van der Waals surface area contributed by atoms with Crippen molar-refractivity contribution in [2.24, 2.45) is 0 Å². The first-order valence-electron chi connectivity index (χ1n) is 3.32. The van der Waals surface area contributed by atoms with Crippen molar-refractivity contribution >= 4 is 13.5 Å². The molecule has 0 fully saturated rings. The van der Waals surface area contributed by atoms with Gasteiger partial charge in [0, 0.05) is 0 Å². The SMILES string of the molecule is [B]=C/C=C/C=C/C=C=CC=C. The molecule has 0 saturated carbocycles. The van der Waals surface area contributed by atoms with Gasteiger partial charge in [-0.25, -0.2) is 0 Å². The van der Waals surface area contributed by atoms with E-state index >= 15 is 0 Å². The first-order valence-corrected chi connectivity index (χ1v) is 3.32. The Bertz CT molecular complexity index is 225. The van der Waals surface area contributed by atoms with Crippen LogP contribution in [0.25, 0.3) is 0 Å². The van der Waals surface area contributed by atoms with Crippen LogP contribution in [-0.2, 0) is 0 Å². The first kappa shape index (κ1) is 9.67. The Kier molecular flexibility index (Phi) is 7.63. The summed E-state index contributed by atoms with van der Waals surface area (Å²) in [5.74, 6) is 1.48. The predicted octanol–water partition coefficient (Wildman–Crippen LogP) is 1.97. The third kappa shape index (κ3) is 8.67. The van der Waals surface area contributed by atoms with Gasteiger partial charge in [0.15, 0.2) is 0 Å². The number of hydrogen-bond donors (Lipinski definition) is 0. The molecule has 0 aliphatic carbocycles. The van der Waals surface area contributed by atoms with Gasteiger partial charge in [0.1, 0.15) is 0 Å². The number of allylic oxidation sites excluding steroid dienone is 6. The van der Waals surface area contributed by atoms with Gasteiger partial charge in [-0.3, -0.25) is 0 Å². The van der Waals surface area contributed by atoms with Gasteiger partial charge in [-0.15, -0.1) is 0 Å². The topological polar surface area (TPSA) is 0 Å². The van der Waals surface area contributed by atoms with Crippen LogP contribution in [-0.4, -0.2) is 13.5 Å². The summed E-state index contributed by atoms with van der Waals surface area (Å²) >= 11 is 0. The maximum absolute atomic E-state index is 5.10. The van der Waals surface area contributed by atoms with E-state index in [9.17, 15) is 0 Å². The van der Waals surface area contributed by atoms with Gasteiger partial charge >= 0.3 is 68.3 Å². The fraction of sp³-hybridized carbons (Fsp3) is 0. The summed E-state index contributed by atoms with van der Waals surface area (Å²) < 4.78 is 0. The van der Waals surface area contributed by atoms with Crippen molar-refractivity contribution in [1.29, 1.82) is 0 Å². The molecule has 0 aromatic heterocycles. The van der Waals surface area contributed by atoms with Gasteiger partial charge in [0.2, 0.25) is 0 Å². The third-order valence-electron chi connectivity index (χ3n) is 0.851. The number of rotatable bonds is 4. The molecule has 0 aromatic carbocycles. The van der Waals surface area contributed by atoms with Gasteiger partial charge in [-0.05, 0) is 0 Å². The Hall–Kier alpha value is -1.33. The molecule has 0 bridgehead atoms. The second kappa shape index (κ2) is 8.67. The van der Waals surface area contributed by atoms with E-state index in [2.05, 4.69) is 12.3 Å². The molecule has 0 aliphatic rings. The van der Waals surface area contributed by atoms with E-state index in [1.54, 1.807) is 24.3 Å². The van der Waals surface area contributed by atoms with Gasteiger partial charge in [-0.1, -0.05) is 0 Å². The van der Waals surface area contributed by atoms with Gasteiger partial charge in [0.05, 0.1) is 0 Å². The fourth-order valence-corrected chi connectivity index (χ4v) is 0.427. The normalized spacial score (nSPS) is 9.36. The van der Waals surface area contributed by atoms with Crippen LogP contribution in [0.5, 0.6) is 0 Å². The van der Waals surface area contributed by atoms with Crippen LogP contribution >= 0.6 is 0 Å². The van der Waals surface area contributed by atoms with Crippen LogP contribution in [0.2, 0.25) is 0 Å². The standard InChI is InChI=1S/C10H10B/c1-2-3-4-5-6-7-8-9-10-11/h2-3,5-10H,1H2/b7-6+,9-8+. The second-order valence-corrected chi connectivity index (χ2v) is 1.70. The maximum atomic E-state index is 5.10. The van der Waals surface area contributed by atoms with E-state index in [0.717, 1.165) is 0 Å². The van der Waals surface area contributed by atoms with Crippen molar-refractivity contribution in [3.63, 3.8) is 0 Å². The monoisotopic (exact) mass is 141 g/mol. The molecule has 1 heteroatoms. The van der Waals surface area contributed by atoms with Crippen molar-refractivity contribution in [2.75, 3.05) is 0 Å². The van der Waals surface area contributed by atoms with Gasteiger partial charge < -0.3 is 0 Å². The Morgan fingerprint density at radius 3 is 2.36 bits per heavy atom. The molecule has 53 valence electrons. The van der Waals surface area contributed by atoms with Crippen LogP contribution in [0.15, 0.2) is 54.8 Å². The molecule has 0 nitrogen and oxygen atoms in total. The van der Waals surface area contributed by atoms with Crippen LogP contribution in [0, 0.1) is 0 Å². The second-order valence-electron chi connectivity index (χ2n) is 1.70. The Labute approximate surface area is 69.0 Å². The summed E-state index contributed by atoms with van der Waals surface area (Å²) in [6, 6.07) is 0. The Morgan fingerprint density at radius 2 is 1.73 bits per heavy atom. The van der Waals surface area contributed by atoms with E-state index in [1.165, 1.54) is 5.97 Å². The molecule has 0 rings (SSSR count). The van der Waals surface area contributed by atoms with Crippen molar-refractivity contribution in [1.82, 2.24) is 0 Å². The predicted molar refractivity (Wildman–Crippen MR) is 52.9 cm³/mol. The minimum absolute atomic E-state index is 1.48. The van der Waals surface area contributed by atoms with Crippen LogP contribution in [0.4, 0.5) is 0 Å². The van der Waals surface area contributed by atoms with E-state index in [0.29, 0.717) is 0 Å². The van der Waals surface area contributed by atoms with Crippen LogP contribution in [0.3, 0.4) is 0 Å². The molecule has 0 N–H and O–H groups in total. The summed E-state index contributed by atoms with van der Waals surface area (Å²) in [5, 5.41) is 0. The van der Waals surface area contributed by atoms with E-state index in [4.69, 9.17) is 7.49 Å². The summed E-state index contributed by atoms with van der Waals surface area (Å²) in [6.07, 6.45) is 12.5. The fourth-order valence-electron chi connectivity index (χ4n) is 0.427. The molecular formula is C10H10B. The van der Waals surface area contributed by atoms with E-state index in [-0.39, 0.29) is 0 Å². The molecule has 11 heavy (non-hydrogen) atoms. The zero-order valence-corrected chi connectivity index (χ0v) is 6.40. The molecule has 0 unspecified atom stereocenters. The molecule has 0 spiro atoms. The Morgan fingerprint density at radius 1 is 1.00 bits per heavy atom. The zero-order chi connectivity index (χ0) is 8.36. The van der Waals surface area contributed by atoms with Gasteiger partial charge in [0.25, 0.3) is 0 Å². The molecule has 1 radical (unpaired) electrons. The average Bonchev–Trinajstić information content (AvgIpc) is 2.03. The summed E-state index contributed by atoms with van der Waals surface area (Å²) in [4.78, 5) is 0. The summed E-state index contributed by atoms with van der Waals surface area (Å²) in [5.41, 5.74) is 2.88. The molecular weight excluding hydrogens is 131 g/mol. The average molecular weight is 141 g/mol. The molecule has 0 aromatic rings. The third-order valence-corrected chi connectivity index (χ3v) is 0.851. The van der Waals surface area contributed by atoms with Crippen molar-refractivity contribution in [3.05, 3.63) is 54.8 Å².